The minimum absolute atomic E-state index is 0.221. The Morgan fingerprint density at radius 1 is 1.67 bits per heavy atom. The summed E-state index contributed by atoms with van der Waals surface area (Å²) in [5, 5.41) is 4.28. The van der Waals surface area contributed by atoms with Gasteiger partial charge in [0.25, 0.3) is 0 Å². The Balaban J connectivity index is 2.56. The first kappa shape index (κ1) is 9.19. The quantitative estimate of drug-likeness (QED) is 0.476. The number of nitrogens with two attached hydrogens (primary N) is 1. The van der Waals surface area contributed by atoms with Gasteiger partial charge >= 0.3 is 0 Å². The fourth-order valence-electron chi connectivity index (χ4n) is 1.19. The summed E-state index contributed by atoms with van der Waals surface area (Å²) in [6.07, 6.45) is 5.42. The highest BCUT2D eigenvalue weighted by atomic mass is 32.1. The number of nitrogens with zero attached hydrogens (tertiary/aromatic N) is 1. The maximum Gasteiger partial charge on any atom is 0.184 e. The van der Waals surface area contributed by atoms with Crippen LogP contribution in [0.3, 0.4) is 0 Å². The minimum atomic E-state index is 0.221. The summed E-state index contributed by atoms with van der Waals surface area (Å²) in [5.41, 5.74) is 10.2. The van der Waals surface area contributed by atoms with E-state index in [1.165, 1.54) is 18.4 Å². The maximum atomic E-state index is 5.24. The molecule has 0 saturated heterocycles. The van der Waals surface area contributed by atoms with Gasteiger partial charge in [0, 0.05) is 0 Å². The Hall–Kier alpha value is -0.900. The van der Waals surface area contributed by atoms with E-state index in [1.807, 2.05) is 0 Å². The van der Waals surface area contributed by atoms with Crippen molar-refractivity contribution in [2.24, 2.45) is 10.8 Å². The van der Waals surface area contributed by atoms with E-state index in [4.69, 9.17) is 5.73 Å². The molecule has 1 rings (SSSR count). The van der Waals surface area contributed by atoms with Crippen molar-refractivity contribution >= 4 is 23.0 Å². The lowest BCUT2D eigenvalue weighted by Crippen LogP contribution is -2.25. The first-order chi connectivity index (χ1) is 5.68. The van der Waals surface area contributed by atoms with E-state index in [2.05, 4.69) is 35.7 Å². The van der Waals surface area contributed by atoms with Crippen molar-refractivity contribution in [2.45, 2.75) is 26.2 Å². The summed E-state index contributed by atoms with van der Waals surface area (Å²) < 4.78 is 0. The summed E-state index contributed by atoms with van der Waals surface area (Å²) in [5.74, 6) is 0. The second kappa shape index (κ2) is 4.21. The van der Waals surface area contributed by atoms with Crippen LogP contribution < -0.4 is 11.2 Å². The predicted molar refractivity (Wildman–Crippen MR) is 55.0 cm³/mol. The predicted octanol–water partition coefficient (Wildman–Crippen LogP) is 1.31. The summed E-state index contributed by atoms with van der Waals surface area (Å²) in [6, 6.07) is 0. The van der Waals surface area contributed by atoms with Gasteiger partial charge in [0.15, 0.2) is 5.11 Å². The molecule has 0 aromatic carbocycles. The lowest BCUT2D eigenvalue weighted by Gasteiger charge is -2.10. The van der Waals surface area contributed by atoms with Gasteiger partial charge in [0.2, 0.25) is 0 Å². The van der Waals surface area contributed by atoms with Crippen molar-refractivity contribution in [3.05, 3.63) is 11.6 Å². The molecule has 0 amide bonds. The third kappa shape index (κ3) is 3.00. The van der Waals surface area contributed by atoms with Crippen molar-refractivity contribution < 1.29 is 0 Å². The Kier molecular flexibility index (Phi) is 3.22. The van der Waals surface area contributed by atoms with Gasteiger partial charge in [-0.25, -0.2) is 0 Å². The molecule has 0 bridgehead atoms. The molecule has 12 heavy (non-hydrogen) atoms. The van der Waals surface area contributed by atoms with Gasteiger partial charge in [0.05, 0.1) is 5.71 Å². The van der Waals surface area contributed by atoms with Gasteiger partial charge in [-0.2, -0.15) is 5.10 Å². The van der Waals surface area contributed by atoms with E-state index < -0.39 is 0 Å². The molecule has 3 N–H and O–H groups in total. The Morgan fingerprint density at radius 3 is 3.00 bits per heavy atom. The van der Waals surface area contributed by atoms with Crippen LogP contribution in [0.5, 0.6) is 0 Å². The molecular weight excluding hydrogens is 170 g/mol. The summed E-state index contributed by atoms with van der Waals surface area (Å²) in [6.45, 7) is 2.11. The molecule has 0 fully saturated rings. The number of hydrogen-bond acceptors (Lipinski definition) is 2. The Bertz CT molecular complexity index is 243. The molecule has 0 aromatic rings. The second-order valence-corrected chi connectivity index (χ2v) is 3.36. The Labute approximate surface area is 77.7 Å². The summed E-state index contributed by atoms with van der Waals surface area (Å²) >= 11 is 4.63. The first-order valence-corrected chi connectivity index (χ1v) is 4.38. The summed E-state index contributed by atoms with van der Waals surface area (Å²) in [4.78, 5) is 0. The highest BCUT2D eigenvalue weighted by molar-refractivity contribution is 7.80. The molecule has 0 aromatic heterocycles. The highest BCUT2D eigenvalue weighted by Gasteiger charge is 2.04. The van der Waals surface area contributed by atoms with Crippen LogP contribution >= 0.6 is 12.2 Å². The van der Waals surface area contributed by atoms with E-state index in [1.54, 1.807) is 0 Å². The van der Waals surface area contributed by atoms with Crippen LogP contribution in [-0.2, 0) is 0 Å². The molecule has 1 aliphatic rings. The molecular formula is C8H13N3S. The number of thiocarbonyl (C=S) groups is 1. The topological polar surface area (TPSA) is 50.4 Å². The third-order valence-corrected chi connectivity index (χ3v) is 1.82. The van der Waals surface area contributed by atoms with Crippen molar-refractivity contribution in [1.29, 1.82) is 0 Å². The fraction of sp³-hybridized carbons (Fsp3) is 0.500. The van der Waals surface area contributed by atoms with E-state index in [9.17, 15) is 0 Å². The van der Waals surface area contributed by atoms with Crippen LogP contribution in [0.15, 0.2) is 16.8 Å². The van der Waals surface area contributed by atoms with Crippen molar-refractivity contribution in [3.63, 3.8) is 0 Å². The minimum Gasteiger partial charge on any atom is -0.375 e. The molecule has 0 radical (unpaired) electrons. The van der Waals surface area contributed by atoms with Crippen LogP contribution in [0.2, 0.25) is 0 Å². The molecule has 0 atom stereocenters. The van der Waals surface area contributed by atoms with Gasteiger partial charge in [-0.1, -0.05) is 5.57 Å². The summed E-state index contributed by atoms with van der Waals surface area (Å²) in [7, 11) is 0. The molecule has 4 heteroatoms. The van der Waals surface area contributed by atoms with Crippen LogP contribution in [0.25, 0.3) is 0 Å². The first-order valence-electron chi connectivity index (χ1n) is 3.97. The zero-order valence-corrected chi connectivity index (χ0v) is 7.95. The fourth-order valence-corrected chi connectivity index (χ4v) is 1.24. The van der Waals surface area contributed by atoms with E-state index in [0.29, 0.717) is 0 Å². The van der Waals surface area contributed by atoms with E-state index >= 15 is 0 Å². The molecule has 1 aliphatic carbocycles. The third-order valence-electron chi connectivity index (χ3n) is 1.73. The number of allylic oxidation sites excluding steroid dienone is 2. The van der Waals surface area contributed by atoms with E-state index in [-0.39, 0.29) is 5.11 Å². The van der Waals surface area contributed by atoms with Gasteiger partial charge in [-0.3, -0.25) is 5.43 Å². The molecule has 66 valence electrons. The van der Waals surface area contributed by atoms with Crippen molar-refractivity contribution in [2.75, 3.05) is 0 Å². The zero-order valence-electron chi connectivity index (χ0n) is 7.13. The van der Waals surface area contributed by atoms with Crippen molar-refractivity contribution in [3.8, 4) is 0 Å². The van der Waals surface area contributed by atoms with Crippen molar-refractivity contribution in [1.82, 2.24) is 5.43 Å². The van der Waals surface area contributed by atoms with Crippen LogP contribution in [0.1, 0.15) is 26.2 Å². The lowest BCUT2D eigenvalue weighted by molar-refractivity contribution is 0.826. The molecule has 0 saturated carbocycles. The van der Waals surface area contributed by atoms with Crippen LogP contribution in [0.4, 0.5) is 0 Å². The largest absolute Gasteiger partial charge is 0.375 e. The second-order valence-electron chi connectivity index (χ2n) is 2.92. The number of nitrogens with one attached hydrogen (secondary N) is 1. The normalized spacial score (nSPS) is 20.4. The van der Waals surface area contributed by atoms with Gasteiger partial charge < -0.3 is 5.73 Å². The average Bonchev–Trinajstić information content (AvgIpc) is 2.01. The number of hydrazone groups is 1. The lowest BCUT2D eigenvalue weighted by atomic mass is 10.00. The number of hydrogen-bond donors (Lipinski definition) is 2. The molecule has 0 spiro atoms. The SMILES string of the molecule is CC1=CC(=NNC(N)=S)CCC1. The zero-order chi connectivity index (χ0) is 8.97. The molecule has 0 aliphatic heterocycles. The van der Waals surface area contributed by atoms with Gasteiger partial charge in [-0.05, 0) is 44.5 Å². The standard InChI is InChI=1S/C8H13N3S/c1-6-3-2-4-7(5-6)10-11-8(9)12/h5H,2-4H2,1H3,(H3,9,11,12). The van der Waals surface area contributed by atoms with E-state index in [0.717, 1.165) is 12.1 Å². The maximum absolute atomic E-state index is 5.24. The Morgan fingerprint density at radius 2 is 2.42 bits per heavy atom. The van der Waals surface area contributed by atoms with Gasteiger partial charge in [0.1, 0.15) is 0 Å². The number of rotatable bonds is 1. The van der Waals surface area contributed by atoms with Crippen LogP contribution in [-0.4, -0.2) is 10.8 Å². The van der Waals surface area contributed by atoms with Gasteiger partial charge in [-0.15, -0.1) is 0 Å². The molecule has 3 nitrogen and oxygen atoms in total. The highest BCUT2D eigenvalue weighted by Crippen LogP contribution is 2.14. The average molecular weight is 183 g/mol. The van der Waals surface area contributed by atoms with Crippen LogP contribution in [0, 0.1) is 0 Å². The smallest absolute Gasteiger partial charge is 0.184 e. The molecule has 0 unspecified atom stereocenters. The molecule has 0 heterocycles. The monoisotopic (exact) mass is 183 g/mol.